The highest BCUT2D eigenvalue weighted by Crippen LogP contribution is 2.24. The average Bonchev–Trinajstić information content (AvgIpc) is 3.07. The summed E-state index contributed by atoms with van der Waals surface area (Å²) in [6, 6.07) is 12.2. The van der Waals surface area contributed by atoms with E-state index in [1.165, 1.54) is 26.4 Å². The molecule has 2 heterocycles. The topological polar surface area (TPSA) is 60.1 Å². The predicted octanol–water partition coefficient (Wildman–Crippen LogP) is 2.87. The van der Waals surface area contributed by atoms with E-state index in [2.05, 4.69) is 4.98 Å². The van der Waals surface area contributed by atoms with Crippen LogP contribution in [0.4, 0.5) is 14.9 Å². The van der Waals surface area contributed by atoms with Crippen LogP contribution < -0.4 is 10.6 Å². The van der Waals surface area contributed by atoms with E-state index in [-0.39, 0.29) is 24.9 Å². The van der Waals surface area contributed by atoms with Gasteiger partial charge in [0.2, 0.25) is 0 Å². The van der Waals surface area contributed by atoms with Crippen molar-refractivity contribution in [1.29, 1.82) is 0 Å². The third-order valence-corrected chi connectivity index (χ3v) is 4.28. The molecule has 1 aromatic heterocycles. The van der Waals surface area contributed by atoms with Crippen LogP contribution in [0, 0.1) is 5.82 Å². The van der Waals surface area contributed by atoms with Crippen LogP contribution in [-0.4, -0.2) is 20.4 Å². The average molecular weight is 359 g/mol. The highest BCUT2D eigenvalue weighted by atomic mass is 35.5. The SMILES string of the molecule is O=C1N(c2ccc(Cl)cc2)Cc2nc(=O)n(Cc3ccc(F)cc3)n21. The van der Waals surface area contributed by atoms with Crippen LogP contribution in [0.15, 0.2) is 53.3 Å². The summed E-state index contributed by atoms with van der Waals surface area (Å²) in [6.45, 7) is 0.332. The molecule has 1 aliphatic heterocycles. The van der Waals surface area contributed by atoms with Gasteiger partial charge < -0.3 is 0 Å². The van der Waals surface area contributed by atoms with E-state index in [4.69, 9.17) is 11.6 Å². The summed E-state index contributed by atoms with van der Waals surface area (Å²) in [7, 11) is 0. The van der Waals surface area contributed by atoms with Gasteiger partial charge in [0.15, 0.2) is 5.82 Å². The normalized spacial score (nSPS) is 13.4. The van der Waals surface area contributed by atoms with E-state index in [0.717, 1.165) is 0 Å². The zero-order valence-electron chi connectivity index (χ0n) is 12.9. The minimum absolute atomic E-state index is 0.131. The maximum atomic E-state index is 13.0. The fraction of sp³-hybridized carbons (Fsp3) is 0.118. The van der Waals surface area contributed by atoms with Crippen molar-refractivity contribution in [2.45, 2.75) is 13.1 Å². The van der Waals surface area contributed by atoms with E-state index < -0.39 is 5.69 Å². The van der Waals surface area contributed by atoms with Crippen molar-refractivity contribution in [2.75, 3.05) is 4.90 Å². The van der Waals surface area contributed by atoms with E-state index in [9.17, 15) is 14.0 Å². The molecule has 0 fully saturated rings. The highest BCUT2D eigenvalue weighted by molar-refractivity contribution is 6.30. The number of anilines is 1. The van der Waals surface area contributed by atoms with Crippen molar-refractivity contribution in [3.63, 3.8) is 0 Å². The first-order chi connectivity index (χ1) is 12.0. The summed E-state index contributed by atoms with van der Waals surface area (Å²) in [5, 5.41) is 0.571. The number of fused-ring (bicyclic) bond motifs is 1. The Morgan fingerprint density at radius 1 is 1.04 bits per heavy atom. The smallest absolute Gasteiger partial charge is 0.285 e. The van der Waals surface area contributed by atoms with Crippen LogP contribution in [0.5, 0.6) is 0 Å². The van der Waals surface area contributed by atoms with E-state index in [0.29, 0.717) is 22.1 Å². The molecule has 8 heteroatoms. The first-order valence-electron chi connectivity index (χ1n) is 7.53. The number of hydrogen-bond acceptors (Lipinski definition) is 3. The van der Waals surface area contributed by atoms with E-state index >= 15 is 0 Å². The molecule has 0 N–H and O–H groups in total. The third-order valence-electron chi connectivity index (χ3n) is 4.03. The van der Waals surface area contributed by atoms with Gasteiger partial charge in [0.1, 0.15) is 5.82 Å². The Kier molecular flexibility index (Phi) is 3.65. The molecule has 3 aromatic rings. The van der Waals surface area contributed by atoms with Gasteiger partial charge in [-0.15, -0.1) is 0 Å². The van der Waals surface area contributed by atoms with Gasteiger partial charge in [-0.1, -0.05) is 23.7 Å². The van der Waals surface area contributed by atoms with Gasteiger partial charge in [0, 0.05) is 10.7 Å². The second-order valence-corrected chi connectivity index (χ2v) is 6.09. The summed E-state index contributed by atoms with van der Waals surface area (Å²) in [5.74, 6) is 0.00617. The number of carbonyl (C=O) groups excluding carboxylic acids is 1. The zero-order chi connectivity index (χ0) is 17.6. The first kappa shape index (κ1) is 15.6. The lowest BCUT2D eigenvalue weighted by atomic mass is 10.2. The molecule has 2 aromatic carbocycles. The maximum Gasteiger partial charge on any atom is 0.364 e. The van der Waals surface area contributed by atoms with Gasteiger partial charge >= 0.3 is 11.7 Å². The molecule has 4 rings (SSSR count). The number of benzene rings is 2. The lowest BCUT2D eigenvalue weighted by Gasteiger charge is -2.15. The van der Waals surface area contributed by atoms with Crippen molar-refractivity contribution in [2.24, 2.45) is 0 Å². The molecule has 25 heavy (non-hydrogen) atoms. The van der Waals surface area contributed by atoms with Crippen molar-refractivity contribution >= 4 is 23.3 Å². The number of carbonyl (C=O) groups is 1. The van der Waals surface area contributed by atoms with E-state index in [1.807, 2.05) is 0 Å². The van der Waals surface area contributed by atoms with Gasteiger partial charge in [0.05, 0.1) is 13.1 Å². The van der Waals surface area contributed by atoms with Gasteiger partial charge in [-0.3, -0.25) is 4.90 Å². The van der Waals surface area contributed by atoms with Crippen LogP contribution in [0.25, 0.3) is 0 Å². The molecule has 0 saturated heterocycles. The van der Waals surface area contributed by atoms with E-state index in [1.54, 1.807) is 36.4 Å². The van der Waals surface area contributed by atoms with Gasteiger partial charge in [-0.25, -0.2) is 18.7 Å². The Bertz CT molecular complexity index is 1010. The maximum absolute atomic E-state index is 13.0. The molecule has 126 valence electrons. The summed E-state index contributed by atoms with van der Waals surface area (Å²) in [6.07, 6.45) is 0. The van der Waals surface area contributed by atoms with Gasteiger partial charge in [-0.2, -0.15) is 9.67 Å². The lowest BCUT2D eigenvalue weighted by Crippen LogP contribution is -2.34. The summed E-state index contributed by atoms with van der Waals surface area (Å²) < 4.78 is 15.6. The standard InChI is InChI=1S/C17H12ClFN4O2/c18-12-3-7-14(8-4-12)21-10-15-20-16(24)22(23(15)17(21)25)9-11-1-5-13(19)6-2-11/h1-8H,9-10H2. The second-order valence-electron chi connectivity index (χ2n) is 5.65. The molecule has 1 amide bonds. The number of aromatic nitrogens is 3. The molecule has 0 radical (unpaired) electrons. The number of halogens is 2. The van der Waals surface area contributed by atoms with Crippen LogP contribution >= 0.6 is 11.6 Å². The number of amides is 1. The molecular formula is C17H12ClFN4O2. The zero-order valence-corrected chi connectivity index (χ0v) is 13.7. The summed E-state index contributed by atoms with van der Waals surface area (Å²) in [4.78, 5) is 30.4. The van der Waals surface area contributed by atoms with Crippen molar-refractivity contribution in [1.82, 2.24) is 14.3 Å². The molecule has 0 saturated carbocycles. The van der Waals surface area contributed by atoms with Crippen molar-refractivity contribution in [3.05, 3.63) is 81.2 Å². The second kappa shape index (κ2) is 5.86. The van der Waals surface area contributed by atoms with Crippen molar-refractivity contribution in [3.8, 4) is 0 Å². The predicted molar refractivity (Wildman–Crippen MR) is 90.4 cm³/mol. The van der Waals surface area contributed by atoms with Crippen molar-refractivity contribution < 1.29 is 9.18 Å². The third kappa shape index (κ3) is 2.72. The van der Waals surface area contributed by atoms with Crippen LogP contribution in [-0.2, 0) is 13.1 Å². The fourth-order valence-corrected chi connectivity index (χ4v) is 2.93. The minimum Gasteiger partial charge on any atom is -0.285 e. The lowest BCUT2D eigenvalue weighted by molar-refractivity contribution is 0.244. The Morgan fingerprint density at radius 2 is 1.72 bits per heavy atom. The minimum atomic E-state index is -0.511. The molecule has 6 nitrogen and oxygen atoms in total. The first-order valence-corrected chi connectivity index (χ1v) is 7.91. The quantitative estimate of drug-likeness (QED) is 0.723. The number of rotatable bonds is 3. The Labute approximate surface area is 146 Å². The van der Waals surface area contributed by atoms with Gasteiger partial charge in [0.25, 0.3) is 0 Å². The van der Waals surface area contributed by atoms with Crippen LogP contribution in [0.3, 0.4) is 0 Å². The Balaban J connectivity index is 1.68. The molecule has 0 bridgehead atoms. The number of hydrogen-bond donors (Lipinski definition) is 0. The monoisotopic (exact) mass is 358 g/mol. The molecule has 0 atom stereocenters. The molecule has 1 aliphatic rings. The van der Waals surface area contributed by atoms with Crippen LogP contribution in [0.1, 0.15) is 11.4 Å². The van der Waals surface area contributed by atoms with Gasteiger partial charge in [-0.05, 0) is 42.0 Å². The fourth-order valence-electron chi connectivity index (χ4n) is 2.80. The highest BCUT2D eigenvalue weighted by Gasteiger charge is 2.33. The summed E-state index contributed by atoms with van der Waals surface area (Å²) in [5.41, 5.74) is 0.855. The molecule has 0 aliphatic carbocycles. The Morgan fingerprint density at radius 3 is 2.40 bits per heavy atom. The molecular weight excluding hydrogens is 347 g/mol. The number of nitrogens with zero attached hydrogens (tertiary/aromatic N) is 4. The molecule has 0 unspecified atom stereocenters. The Hall–Kier alpha value is -2.93. The molecule has 0 spiro atoms. The largest absolute Gasteiger partial charge is 0.364 e. The van der Waals surface area contributed by atoms with Crippen LogP contribution in [0.2, 0.25) is 5.02 Å². The summed E-state index contributed by atoms with van der Waals surface area (Å²) >= 11 is 5.88.